The smallest absolute Gasteiger partial charge is 0.296 e. The number of sulfone groups is 1. The first-order valence-electron chi connectivity index (χ1n) is 7.80. The molecule has 0 unspecified atom stereocenters. The van der Waals surface area contributed by atoms with Crippen LogP contribution < -0.4 is 4.90 Å². The van der Waals surface area contributed by atoms with Gasteiger partial charge in [-0.1, -0.05) is 35.3 Å². The normalized spacial score (nSPS) is 11.4. The number of aromatic nitrogens is 2. The highest BCUT2D eigenvalue weighted by atomic mass is 35.5. The number of carbonyl (C=O) groups is 1. The Morgan fingerprint density at radius 3 is 2.37 bits per heavy atom. The second kappa shape index (κ2) is 7.34. The average molecular weight is 424 g/mol. The summed E-state index contributed by atoms with van der Waals surface area (Å²) in [7, 11) is -2.38. The molecule has 0 radical (unpaired) electrons. The molecular weight excluding hydrogens is 409 g/mol. The van der Waals surface area contributed by atoms with Gasteiger partial charge in [0.05, 0.1) is 4.90 Å². The average Bonchev–Trinajstić information content (AvgIpc) is 3.10. The first kappa shape index (κ1) is 19.4. The Labute approximate surface area is 166 Å². The van der Waals surface area contributed by atoms with Crippen LogP contribution in [0.15, 0.2) is 64.6 Å². The number of aryl methyl sites for hydroxylation is 1. The maximum absolute atomic E-state index is 12.7. The van der Waals surface area contributed by atoms with E-state index in [0.717, 1.165) is 10.2 Å². The molecule has 9 heteroatoms. The molecule has 1 aromatic heterocycles. The molecule has 0 spiro atoms. The van der Waals surface area contributed by atoms with Gasteiger partial charge in [-0.25, -0.2) is 13.2 Å². The lowest BCUT2D eigenvalue weighted by Crippen LogP contribution is -2.31. The molecule has 0 aliphatic rings. The van der Waals surface area contributed by atoms with Crippen LogP contribution in [0.3, 0.4) is 0 Å². The van der Waals surface area contributed by atoms with E-state index in [1.54, 1.807) is 13.1 Å². The van der Waals surface area contributed by atoms with E-state index in [-0.39, 0.29) is 20.0 Å². The van der Waals surface area contributed by atoms with Crippen molar-refractivity contribution in [3.63, 3.8) is 0 Å². The van der Waals surface area contributed by atoms with Gasteiger partial charge in [-0.3, -0.25) is 4.90 Å². The molecule has 2 aromatic carbocycles. The molecule has 0 fully saturated rings. The predicted octanol–water partition coefficient (Wildman–Crippen LogP) is 4.44. The molecule has 0 atom stereocenters. The van der Waals surface area contributed by atoms with E-state index < -0.39 is 15.9 Å². The van der Waals surface area contributed by atoms with Gasteiger partial charge >= 0.3 is 6.03 Å². The Morgan fingerprint density at radius 1 is 1.07 bits per heavy atom. The number of benzene rings is 2. The van der Waals surface area contributed by atoms with Gasteiger partial charge in [0.2, 0.25) is 9.84 Å². The molecule has 27 heavy (non-hydrogen) atoms. The van der Waals surface area contributed by atoms with Gasteiger partial charge in [-0.2, -0.15) is 9.78 Å². The van der Waals surface area contributed by atoms with Crippen molar-refractivity contribution in [1.82, 2.24) is 9.78 Å². The van der Waals surface area contributed by atoms with Gasteiger partial charge in [0.25, 0.3) is 0 Å². The molecule has 0 bridgehead atoms. The molecular formula is C18H15Cl2N3O3S. The summed E-state index contributed by atoms with van der Waals surface area (Å²) in [6.07, 6.45) is 1.30. The van der Waals surface area contributed by atoms with E-state index in [4.69, 9.17) is 23.2 Å². The molecule has 3 rings (SSSR count). The fourth-order valence-corrected chi connectivity index (χ4v) is 4.36. The number of nitrogens with zero attached hydrogens (tertiary/aromatic N) is 3. The van der Waals surface area contributed by atoms with Gasteiger partial charge < -0.3 is 0 Å². The Kier molecular flexibility index (Phi) is 5.28. The molecule has 6 nitrogen and oxygen atoms in total. The molecule has 0 aliphatic heterocycles. The van der Waals surface area contributed by atoms with Crippen LogP contribution in [0.5, 0.6) is 0 Å². The zero-order valence-electron chi connectivity index (χ0n) is 14.4. The maximum Gasteiger partial charge on any atom is 0.348 e. The summed E-state index contributed by atoms with van der Waals surface area (Å²) in [5.74, 6) is 0. The van der Waals surface area contributed by atoms with Crippen LogP contribution in [0.1, 0.15) is 5.56 Å². The summed E-state index contributed by atoms with van der Waals surface area (Å²) in [5, 5.41) is 4.05. The van der Waals surface area contributed by atoms with Crippen molar-refractivity contribution in [1.29, 1.82) is 0 Å². The second-order valence-electron chi connectivity index (χ2n) is 5.89. The molecule has 0 saturated heterocycles. The quantitative estimate of drug-likeness (QED) is 0.624. The number of carbonyl (C=O) groups excluding carboxylic acids is 1. The summed E-state index contributed by atoms with van der Waals surface area (Å²) >= 11 is 11.8. The van der Waals surface area contributed by atoms with Gasteiger partial charge in [-0.05, 0) is 48.9 Å². The third-order valence-electron chi connectivity index (χ3n) is 3.86. The zero-order chi connectivity index (χ0) is 19.8. The third-order valence-corrected chi connectivity index (χ3v) is 5.92. The van der Waals surface area contributed by atoms with Crippen LogP contribution in [-0.2, 0) is 9.84 Å². The van der Waals surface area contributed by atoms with E-state index in [9.17, 15) is 13.2 Å². The van der Waals surface area contributed by atoms with Crippen LogP contribution in [0.4, 0.5) is 10.5 Å². The SMILES string of the molecule is Cc1cccc(N(C)C(=O)n2ccc(S(=O)(=O)c3cc(Cl)cc(Cl)c3)n2)c1. The van der Waals surface area contributed by atoms with E-state index >= 15 is 0 Å². The first-order chi connectivity index (χ1) is 12.7. The van der Waals surface area contributed by atoms with Crippen LogP contribution >= 0.6 is 23.2 Å². The minimum absolute atomic E-state index is 0.0928. The van der Waals surface area contributed by atoms with Crippen molar-refractivity contribution in [3.05, 3.63) is 70.3 Å². The van der Waals surface area contributed by atoms with E-state index in [0.29, 0.717) is 5.69 Å². The van der Waals surface area contributed by atoms with Crippen LogP contribution in [0.25, 0.3) is 0 Å². The minimum Gasteiger partial charge on any atom is -0.296 e. The molecule has 0 N–H and O–H groups in total. The number of rotatable bonds is 3. The Balaban J connectivity index is 1.93. The van der Waals surface area contributed by atoms with E-state index in [2.05, 4.69) is 5.10 Å². The highest BCUT2D eigenvalue weighted by molar-refractivity contribution is 7.91. The minimum atomic E-state index is -3.97. The van der Waals surface area contributed by atoms with Crippen molar-refractivity contribution in [2.75, 3.05) is 11.9 Å². The number of anilines is 1. The summed E-state index contributed by atoms with van der Waals surface area (Å²) in [5.41, 5.74) is 1.66. The molecule has 0 aliphatic carbocycles. The summed E-state index contributed by atoms with van der Waals surface area (Å²) in [4.78, 5) is 13.9. The highest BCUT2D eigenvalue weighted by Crippen LogP contribution is 2.26. The fraction of sp³-hybridized carbons (Fsp3) is 0.111. The number of halogens is 2. The predicted molar refractivity (Wildman–Crippen MR) is 105 cm³/mol. The van der Waals surface area contributed by atoms with Crippen molar-refractivity contribution < 1.29 is 13.2 Å². The summed E-state index contributed by atoms with van der Waals surface area (Å²) < 4.78 is 26.5. The van der Waals surface area contributed by atoms with Crippen LogP contribution in [-0.4, -0.2) is 31.3 Å². The number of hydrogen-bond donors (Lipinski definition) is 0. The Hall–Kier alpha value is -2.35. The van der Waals surface area contributed by atoms with E-state index in [1.165, 1.54) is 35.4 Å². The van der Waals surface area contributed by atoms with Gasteiger partial charge in [0.1, 0.15) is 0 Å². The fourth-order valence-electron chi connectivity index (χ4n) is 2.46. The zero-order valence-corrected chi connectivity index (χ0v) is 16.8. The lowest BCUT2D eigenvalue weighted by molar-refractivity contribution is 0.246. The molecule has 1 heterocycles. The van der Waals surface area contributed by atoms with Crippen LogP contribution in [0.2, 0.25) is 10.0 Å². The summed E-state index contributed by atoms with van der Waals surface area (Å²) in [6.45, 7) is 1.91. The van der Waals surface area contributed by atoms with Crippen molar-refractivity contribution in [2.45, 2.75) is 16.8 Å². The van der Waals surface area contributed by atoms with Crippen molar-refractivity contribution in [2.24, 2.45) is 0 Å². The molecule has 0 saturated carbocycles. The molecule has 3 aromatic rings. The first-order valence-corrected chi connectivity index (χ1v) is 10.0. The highest BCUT2D eigenvalue weighted by Gasteiger charge is 2.24. The topological polar surface area (TPSA) is 72.3 Å². The molecule has 140 valence electrons. The van der Waals surface area contributed by atoms with E-state index in [1.807, 2.05) is 25.1 Å². The Bertz CT molecular complexity index is 1110. The lowest BCUT2D eigenvalue weighted by Gasteiger charge is -2.17. The van der Waals surface area contributed by atoms with Crippen molar-refractivity contribution in [3.8, 4) is 0 Å². The van der Waals surface area contributed by atoms with Crippen LogP contribution in [0, 0.1) is 6.92 Å². The Morgan fingerprint density at radius 2 is 1.74 bits per heavy atom. The van der Waals surface area contributed by atoms with Gasteiger partial charge in [-0.15, -0.1) is 0 Å². The number of hydrogen-bond acceptors (Lipinski definition) is 4. The standard InChI is InChI=1S/C18H15Cl2N3O3S/c1-12-4-3-5-15(8-12)22(2)18(24)23-7-6-17(21-23)27(25,26)16-10-13(19)9-14(20)11-16/h3-11H,1-2H3. The molecule has 1 amide bonds. The summed E-state index contributed by atoms with van der Waals surface area (Å²) in [6, 6.07) is 12.1. The van der Waals surface area contributed by atoms with Crippen molar-refractivity contribution >= 4 is 44.8 Å². The largest absolute Gasteiger partial charge is 0.348 e. The van der Waals surface area contributed by atoms with Gasteiger partial charge in [0, 0.05) is 29.0 Å². The lowest BCUT2D eigenvalue weighted by atomic mass is 10.2. The maximum atomic E-state index is 12.7. The second-order valence-corrected chi connectivity index (χ2v) is 8.66. The number of amides is 1. The monoisotopic (exact) mass is 423 g/mol. The third kappa shape index (κ3) is 4.00. The van der Waals surface area contributed by atoms with Gasteiger partial charge in [0.15, 0.2) is 5.03 Å².